The Labute approximate surface area is 129 Å². The molecule has 0 bridgehead atoms. The summed E-state index contributed by atoms with van der Waals surface area (Å²) in [5.74, 6) is 0. The van der Waals surface area contributed by atoms with Crippen molar-refractivity contribution in [3.05, 3.63) is 51.3 Å². The summed E-state index contributed by atoms with van der Waals surface area (Å²) >= 11 is 3.59. The Morgan fingerprint density at radius 3 is 2.35 bits per heavy atom. The fourth-order valence-corrected chi connectivity index (χ4v) is 2.54. The van der Waals surface area contributed by atoms with Gasteiger partial charge in [-0.05, 0) is 50.5 Å². The summed E-state index contributed by atoms with van der Waals surface area (Å²) in [6.45, 7) is 8.44. The smallest absolute Gasteiger partial charge is 0.0643 e. The molecular weight excluding hydrogens is 314 g/mol. The van der Waals surface area contributed by atoms with Crippen molar-refractivity contribution in [2.45, 2.75) is 46.2 Å². The van der Waals surface area contributed by atoms with Crippen LogP contribution in [-0.4, -0.2) is 9.78 Å². The Bertz CT molecular complexity index is 579. The van der Waals surface area contributed by atoms with Gasteiger partial charge < -0.3 is 5.73 Å². The molecule has 0 aliphatic rings. The molecule has 108 valence electrons. The van der Waals surface area contributed by atoms with Crippen LogP contribution in [0.2, 0.25) is 0 Å². The molecule has 3 nitrogen and oxygen atoms in total. The summed E-state index contributed by atoms with van der Waals surface area (Å²) in [5.41, 5.74) is 11.0. The highest BCUT2D eigenvalue weighted by Gasteiger charge is 2.12. The van der Waals surface area contributed by atoms with Crippen LogP contribution in [0.15, 0.2) is 28.9 Å². The maximum absolute atomic E-state index is 6.34. The van der Waals surface area contributed by atoms with Gasteiger partial charge in [-0.2, -0.15) is 5.10 Å². The zero-order valence-electron chi connectivity index (χ0n) is 12.5. The van der Waals surface area contributed by atoms with Crippen LogP contribution in [0.25, 0.3) is 0 Å². The van der Waals surface area contributed by atoms with Crippen molar-refractivity contribution < 1.29 is 0 Å². The van der Waals surface area contributed by atoms with Gasteiger partial charge in [0.05, 0.1) is 5.69 Å². The van der Waals surface area contributed by atoms with Crippen molar-refractivity contribution in [3.63, 3.8) is 0 Å². The minimum Gasteiger partial charge on any atom is -0.324 e. The lowest BCUT2D eigenvalue weighted by Crippen LogP contribution is -2.14. The molecule has 1 unspecified atom stereocenters. The van der Waals surface area contributed by atoms with E-state index in [1.165, 1.54) is 16.7 Å². The van der Waals surface area contributed by atoms with E-state index >= 15 is 0 Å². The second-order valence-corrected chi connectivity index (χ2v) is 6.45. The third-order valence-corrected chi connectivity index (χ3v) is 4.76. The van der Waals surface area contributed by atoms with E-state index < -0.39 is 0 Å². The van der Waals surface area contributed by atoms with Crippen LogP contribution in [-0.2, 0) is 6.42 Å². The van der Waals surface area contributed by atoms with Crippen LogP contribution in [0, 0.1) is 13.8 Å². The van der Waals surface area contributed by atoms with Crippen molar-refractivity contribution in [1.29, 1.82) is 0 Å². The first-order valence-electron chi connectivity index (χ1n) is 6.94. The van der Waals surface area contributed by atoms with Crippen LogP contribution in [0.5, 0.6) is 0 Å². The van der Waals surface area contributed by atoms with Crippen molar-refractivity contribution in [3.8, 4) is 0 Å². The van der Waals surface area contributed by atoms with E-state index in [9.17, 15) is 0 Å². The van der Waals surface area contributed by atoms with E-state index in [1.54, 1.807) is 0 Å². The van der Waals surface area contributed by atoms with Gasteiger partial charge in [0.1, 0.15) is 0 Å². The third kappa shape index (κ3) is 3.30. The molecule has 1 atom stereocenters. The van der Waals surface area contributed by atoms with E-state index in [1.807, 2.05) is 10.9 Å². The highest BCUT2D eigenvalue weighted by molar-refractivity contribution is 9.10. The maximum atomic E-state index is 6.34. The second-order valence-electron chi connectivity index (χ2n) is 5.66. The van der Waals surface area contributed by atoms with Gasteiger partial charge in [0.25, 0.3) is 0 Å². The first kappa shape index (κ1) is 15.3. The van der Waals surface area contributed by atoms with Gasteiger partial charge in [0.15, 0.2) is 0 Å². The van der Waals surface area contributed by atoms with Gasteiger partial charge in [0, 0.05) is 29.2 Å². The molecule has 0 amide bonds. The lowest BCUT2D eigenvalue weighted by molar-refractivity contribution is 0.522. The molecule has 0 fully saturated rings. The number of nitrogens with two attached hydrogens (primary N) is 1. The summed E-state index contributed by atoms with van der Waals surface area (Å²) < 4.78 is 3.14. The van der Waals surface area contributed by atoms with Crippen molar-refractivity contribution in [2.24, 2.45) is 5.73 Å². The highest BCUT2D eigenvalue weighted by Crippen LogP contribution is 2.26. The SMILES string of the molecule is Cc1cc(C(N)Cc2ccn(C(C)C)n2)cc(C)c1Br. The molecular formula is C16H22BrN3. The predicted octanol–water partition coefficient (Wildman–Crippen LogP) is 4.09. The van der Waals surface area contributed by atoms with E-state index in [4.69, 9.17) is 5.73 Å². The molecule has 2 rings (SSSR count). The van der Waals surface area contributed by atoms with Crippen LogP contribution in [0.4, 0.5) is 0 Å². The van der Waals surface area contributed by atoms with Gasteiger partial charge in [-0.3, -0.25) is 4.68 Å². The van der Waals surface area contributed by atoms with E-state index in [-0.39, 0.29) is 6.04 Å². The quantitative estimate of drug-likeness (QED) is 0.914. The summed E-state index contributed by atoms with van der Waals surface area (Å²) in [6, 6.07) is 6.73. The van der Waals surface area contributed by atoms with Crippen LogP contribution < -0.4 is 5.73 Å². The lowest BCUT2D eigenvalue weighted by atomic mass is 9.99. The molecule has 0 spiro atoms. The first-order chi connectivity index (χ1) is 9.38. The zero-order valence-corrected chi connectivity index (χ0v) is 14.1. The van der Waals surface area contributed by atoms with Crippen LogP contribution in [0.1, 0.15) is 48.3 Å². The fourth-order valence-electron chi connectivity index (χ4n) is 2.31. The molecule has 0 saturated carbocycles. The molecule has 0 aliphatic heterocycles. The summed E-state index contributed by atoms with van der Waals surface area (Å²) in [7, 11) is 0. The van der Waals surface area contributed by atoms with Gasteiger partial charge in [-0.15, -0.1) is 0 Å². The van der Waals surface area contributed by atoms with E-state index in [0.717, 1.165) is 16.6 Å². The van der Waals surface area contributed by atoms with Crippen LogP contribution >= 0.6 is 15.9 Å². The molecule has 1 heterocycles. The Hall–Kier alpha value is -1.13. The Balaban J connectivity index is 2.17. The summed E-state index contributed by atoms with van der Waals surface area (Å²) in [6.07, 6.45) is 2.78. The molecule has 2 aromatic rings. The molecule has 0 saturated heterocycles. The van der Waals surface area contributed by atoms with Crippen molar-refractivity contribution >= 4 is 15.9 Å². The Morgan fingerprint density at radius 2 is 1.85 bits per heavy atom. The summed E-state index contributed by atoms with van der Waals surface area (Å²) in [4.78, 5) is 0. The van der Waals surface area contributed by atoms with Gasteiger partial charge in [0.2, 0.25) is 0 Å². The standard InChI is InChI=1S/C16H22BrN3/c1-10(2)20-6-5-14(19-20)9-15(18)13-7-11(3)16(17)12(4)8-13/h5-8,10,15H,9,18H2,1-4H3. The molecule has 1 aromatic heterocycles. The number of halogens is 1. The average molecular weight is 336 g/mol. The van der Waals surface area contributed by atoms with Crippen LogP contribution in [0.3, 0.4) is 0 Å². The first-order valence-corrected chi connectivity index (χ1v) is 7.74. The zero-order chi connectivity index (χ0) is 14.9. The lowest BCUT2D eigenvalue weighted by Gasteiger charge is -2.14. The fraction of sp³-hybridized carbons (Fsp3) is 0.438. The van der Waals surface area contributed by atoms with E-state index in [2.05, 4.69) is 66.9 Å². The van der Waals surface area contributed by atoms with Gasteiger partial charge >= 0.3 is 0 Å². The minimum atomic E-state index is -0.0176. The molecule has 20 heavy (non-hydrogen) atoms. The predicted molar refractivity (Wildman–Crippen MR) is 86.9 cm³/mol. The highest BCUT2D eigenvalue weighted by atomic mass is 79.9. The normalized spacial score (nSPS) is 12.9. The topological polar surface area (TPSA) is 43.8 Å². The number of nitrogens with zero attached hydrogens (tertiary/aromatic N) is 2. The maximum Gasteiger partial charge on any atom is 0.0643 e. The second kappa shape index (κ2) is 6.10. The Kier molecular flexibility index (Phi) is 4.66. The van der Waals surface area contributed by atoms with E-state index in [0.29, 0.717) is 6.04 Å². The molecule has 0 radical (unpaired) electrons. The minimum absolute atomic E-state index is 0.0176. The van der Waals surface area contributed by atoms with Crippen molar-refractivity contribution in [2.75, 3.05) is 0 Å². The number of rotatable bonds is 4. The molecule has 1 aromatic carbocycles. The van der Waals surface area contributed by atoms with Gasteiger partial charge in [-0.1, -0.05) is 28.1 Å². The monoisotopic (exact) mass is 335 g/mol. The number of hydrogen-bond acceptors (Lipinski definition) is 2. The number of aryl methyl sites for hydroxylation is 2. The average Bonchev–Trinajstić information content (AvgIpc) is 2.84. The number of hydrogen-bond donors (Lipinski definition) is 1. The molecule has 0 aliphatic carbocycles. The molecule has 2 N–H and O–H groups in total. The molecule has 4 heteroatoms. The number of benzene rings is 1. The summed E-state index contributed by atoms with van der Waals surface area (Å²) in [5, 5.41) is 4.57. The largest absolute Gasteiger partial charge is 0.324 e. The van der Waals surface area contributed by atoms with Crippen molar-refractivity contribution in [1.82, 2.24) is 9.78 Å². The Morgan fingerprint density at radius 1 is 1.25 bits per heavy atom. The third-order valence-electron chi connectivity index (χ3n) is 3.51. The number of aromatic nitrogens is 2. The van der Waals surface area contributed by atoms with Gasteiger partial charge in [-0.25, -0.2) is 0 Å².